The Labute approximate surface area is 130 Å². The van der Waals surface area contributed by atoms with Crippen LogP contribution in [0.3, 0.4) is 0 Å². The van der Waals surface area contributed by atoms with E-state index in [1.807, 2.05) is 20.8 Å². The summed E-state index contributed by atoms with van der Waals surface area (Å²) in [6.07, 6.45) is 0.887. The quantitative estimate of drug-likeness (QED) is 0.784. The van der Waals surface area contributed by atoms with Crippen LogP contribution in [-0.4, -0.2) is 19.4 Å². The maximum Gasteiger partial charge on any atom is 0.242 e. The van der Waals surface area contributed by atoms with Crippen molar-refractivity contribution < 1.29 is 8.42 Å². The van der Waals surface area contributed by atoms with E-state index >= 15 is 0 Å². The molecule has 1 aromatic rings. The summed E-state index contributed by atoms with van der Waals surface area (Å²) in [7, 11) is -3.65. The molecule has 0 aliphatic carbocycles. The van der Waals surface area contributed by atoms with E-state index in [1.54, 1.807) is 6.07 Å². The van der Waals surface area contributed by atoms with E-state index in [0.29, 0.717) is 5.56 Å². The highest BCUT2D eigenvalue weighted by molar-refractivity contribution is 7.89. The maximum absolute atomic E-state index is 12.3. The lowest BCUT2D eigenvalue weighted by molar-refractivity contribution is 0.434. The molecule has 2 unspecified atom stereocenters. The van der Waals surface area contributed by atoms with Gasteiger partial charge in [-0.05, 0) is 25.0 Å². The summed E-state index contributed by atoms with van der Waals surface area (Å²) >= 11 is 10.9. The van der Waals surface area contributed by atoms with Crippen LogP contribution < -0.4 is 10.5 Å². The first-order valence-electron chi connectivity index (χ1n) is 6.30. The van der Waals surface area contributed by atoms with Gasteiger partial charge in [-0.2, -0.15) is 0 Å². The summed E-state index contributed by atoms with van der Waals surface area (Å²) in [5, 5.41) is 0.110. The summed E-state index contributed by atoms with van der Waals surface area (Å²) in [4.78, 5) is 0.214. The van der Waals surface area contributed by atoms with Gasteiger partial charge in [0, 0.05) is 11.6 Å². The van der Waals surface area contributed by atoms with Gasteiger partial charge in [-0.1, -0.05) is 50.2 Å². The number of hydrogen-bond acceptors (Lipinski definition) is 3. The number of thiocarbonyl (C=S) groups is 1. The molecule has 3 N–H and O–H groups in total. The van der Waals surface area contributed by atoms with E-state index in [1.165, 1.54) is 12.1 Å². The van der Waals surface area contributed by atoms with E-state index in [9.17, 15) is 8.42 Å². The predicted octanol–water partition coefficient (Wildman–Crippen LogP) is 2.69. The molecular formula is C13H19ClN2O2S2. The maximum atomic E-state index is 12.3. The molecule has 0 saturated heterocycles. The van der Waals surface area contributed by atoms with Crippen LogP contribution in [0.2, 0.25) is 5.02 Å². The normalized spacial score (nSPS) is 14.8. The lowest BCUT2D eigenvalue weighted by Gasteiger charge is -2.20. The Bertz CT molecular complexity index is 602. The summed E-state index contributed by atoms with van der Waals surface area (Å²) < 4.78 is 27.2. The van der Waals surface area contributed by atoms with Crippen molar-refractivity contribution in [2.75, 3.05) is 0 Å². The molecule has 1 rings (SSSR count). The third-order valence-electron chi connectivity index (χ3n) is 3.34. The molecular weight excluding hydrogens is 316 g/mol. The molecule has 0 spiro atoms. The third-order valence-corrected chi connectivity index (χ3v) is 5.62. The average molecular weight is 335 g/mol. The Morgan fingerprint density at radius 2 is 2.05 bits per heavy atom. The van der Waals surface area contributed by atoms with Crippen LogP contribution in [0.1, 0.15) is 32.8 Å². The standard InChI is InChI=1S/C13H19ClN2O2S2/c1-4-8(2)9(3)16-20(17,18)12-6-5-10(13(15)19)7-11(12)14/h5-9,16H,4H2,1-3H3,(H2,15,19). The molecule has 0 aromatic heterocycles. The molecule has 4 nitrogen and oxygen atoms in total. The van der Waals surface area contributed by atoms with E-state index in [0.717, 1.165) is 6.42 Å². The molecule has 0 fully saturated rings. The van der Waals surface area contributed by atoms with Crippen LogP contribution in [0, 0.1) is 5.92 Å². The summed E-state index contributed by atoms with van der Waals surface area (Å²) in [6.45, 7) is 5.84. The predicted molar refractivity (Wildman–Crippen MR) is 86.6 cm³/mol. The first-order chi connectivity index (χ1) is 9.19. The van der Waals surface area contributed by atoms with Crippen LogP contribution >= 0.6 is 23.8 Å². The second kappa shape index (κ2) is 6.85. The fourth-order valence-electron chi connectivity index (χ4n) is 1.65. The summed E-state index contributed by atoms with van der Waals surface area (Å²) in [6, 6.07) is 4.27. The van der Waals surface area contributed by atoms with E-state index < -0.39 is 10.0 Å². The van der Waals surface area contributed by atoms with Gasteiger partial charge in [0.15, 0.2) is 0 Å². The Kier molecular flexibility index (Phi) is 5.94. The van der Waals surface area contributed by atoms with Crippen LogP contribution in [-0.2, 0) is 10.0 Å². The van der Waals surface area contributed by atoms with Crippen molar-refractivity contribution in [3.05, 3.63) is 28.8 Å². The highest BCUT2D eigenvalue weighted by Crippen LogP contribution is 2.23. The lowest BCUT2D eigenvalue weighted by Crippen LogP contribution is -2.37. The smallest absolute Gasteiger partial charge is 0.242 e. The Hall–Kier alpha value is -0.690. The minimum absolute atomic E-state index is 0.0364. The van der Waals surface area contributed by atoms with Crippen molar-refractivity contribution in [3.63, 3.8) is 0 Å². The highest BCUT2D eigenvalue weighted by Gasteiger charge is 2.23. The zero-order chi connectivity index (χ0) is 15.5. The van der Waals surface area contributed by atoms with Gasteiger partial charge in [0.25, 0.3) is 0 Å². The number of nitrogens with two attached hydrogens (primary N) is 1. The molecule has 0 aliphatic heterocycles. The highest BCUT2D eigenvalue weighted by atomic mass is 35.5. The molecule has 1 aromatic carbocycles. The van der Waals surface area contributed by atoms with Crippen LogP contribution in [0.15, 0.2) is 23.1 Å². The van der Waals surface area contributed by atoms with Gasteiger partial charge >= 0.3 is 0 Å². The van der Waals surface area contributed by atoms with Gasteiger partial charge in [0.1, 0.15) is 9.88 Å². The molecule has 112 valence electrons. The zero-order valence-electron chi connectivity index (χ0n) is 11.7. The molecule has 2 atom stereocenters. The van der Waals surface area contributed by atoms with Gasteiger partial charge in [0.05, 0.1) is 5.02 Å². The van der Waals surface area contributed by atoms with Gasteiger partial charge in [0.2, 0.25) is 10.0 Å². The molecule has 0 saturated carbocycles. The Morgan fingerprint density at radius 3 is 2.50 bits per heavy atom. The summed E-state index contributed by atoms with van der Waals surface area (Å²) in [5.41, 5.74) is 6.03. The monoisotopic (exact) mass is 334 g/mol. The van der Waals surface area contributed by atoms with Crippen molar-refractivity contribution in [1.29, 1.82) is 0 Å². The second-order valence-corrected chi connectivity index (χ2v) is 7.33. The first-order valence-corrected chi connectivity index (χ1v) is 8.57. The van der Waals surface area contributed by atoms with Gasteiger partial charge in [-0.15, -0.1) is 0 Å². The number of hydrogen-bond donors (Lipinski definition) is 2. The van der Waals surface area contributed by atoms with Gasteiger partial charge in [-0.3, -0.25) is 0 Å². The lowest BCUT2D eigenvalue weighted by atomic mass is 10.0. The number of rotatable bonds is 6. The van der Waals surface area contributed by atoms with Crippen molar-refractivity contribution >= 4 is 38.8 Å². The number of nitrogens with one attached hydrogen (secondary N) is 1. The second-order valence-electron chi connectivity index (χ2n) is 4.80. The Morgan fingerprint density at radius 1 is 1.45 bits per heavy atom. The average Bonchev–Trinajstić information content (AvgIpc) is 2.36. The molecule has 7 heteroatoms. The van der Waals surface area contributed by atoms with Crippen LogP contribution in [0.25, 0.3) is 0 Å². The topological polar surface area (TPSA) is 72.2 Å². The molecule has 0 aliphatic rings. The fraction of sp³-hybridized carbons (Fsp3) is 0.462. The van der Waals surface area contributed by atoms with Crippen molar-refractivity contribution in [1.82, 2.24) is 4.72 Å². The minimum Gasteiger partial charge on any atom is -0.389 e. The largest absolute Gasteiger partial charge is 0.389 e. The van der Waals surface area contributed by atoms with Crippen LogP contribution in [0.5, 0.6) is 0 Å². The van der Waals surface area contributed by atoms with Gasteiger partial charge < -0.3 is 5.73 Å². The third kappa shape index (κ3) is 4.15. The molecule has 0 amide bonds. The summed E-state index contributed by atoms with van der Waals surface area (Å²) in [5.74, 6) is 0.236. The van der Waals surface area contributed by atoms with Gasteiger partial charge in [-0.25, -0.2) is 13.1 Å². The van der Waals surface area contributed by atoms with Crippen LogP contribution in [0.4, 0.5) is 0 Å². The van der Waals surface area contributed by atoms with Crippen molar-refractivity contribution in [3.8, 4) is 0 Å². The Balaban J connectivity index is 3.07. The first kappa shape index (κ1) is 17.4. The molecule has 0 radical (unpaired) electrons. The molecule has 0 heterocycles. The minimum atomic E-state index is -3.65. The zero-order valence-corrected chi connectivity index (χ0v) is 14.1. The number of benzene rings is 1. The number of halogens is 1. The van der Waals surface area contributed by atoms with Crippen molar-refractivity contribution in [2.45, 2.75) is 38.1 Å². The van der Waals surface area contributed by atoms with E-state index in [-0.39, 0.29) is 26.9 Å². The molecule has 20 heavy (non-hydrogen) atoms. The van der Waals surface area contributed by atoms with E-state index in [2.05, 4.69) is 4.72 Å². The molecule has 0 bridgehead atoms. The van der Waals surface area contributed by atoms with E-state index in [4.69, 9.17) is 29.6 Å². The fourth-order valence-corrected chi connectivity index (χ4v) is 3.67. The SMILES string of the molecule is CCC(C)C(C)NS(=O)(=O)c1ccc(C(N)=S)cc1Cl. The van der Waals surface area contributed by atoms with Crippen molar-refractivity contribution in [2.24, 2.45) is 11.7 Å². The number of sulfonamides is 1.